The van der Waals surface area contributed by atoms with Gasteiger partial charge in [-0.25, -0.2) is 0 Å². The van der Waals surface area contributed by atoms with Crippen molar-refractivity contribution in [2.24, 2.45) is 0 Å². The Balaban J connectivity index is 1.72. The maximum atomic E-state index is 12.5. The predicted octanol–water partition coefficient (Wildman–Crippen LogP) is 4.52. The Labute approximate surface area is 169 Å². The van der Waals surface area contributed by atoms with E-state index in [0.29, 0.717) is 11.1 Å². The van der Waals surface area contributed by atoms with Gasteiger partial charge in [0, 0.05) is 5.69 Å². The normalized spacial score (nSPS) is 12.0. The van der Waals surface area contributed by atoms with E-state index < -0.39 is 0 Å². The van der Waals surface area contributed by atoms with E-state index >= 15 is 0 Å². The summed E-state index contributed by atoms with van der Waals surface area (Å²) in [4.78, 5) is 12.5. The van der Waals surface area contributed by atoms with Crippen molar-refractivity contribution in [1.82, 2.24) is 20.2 Å². The van der Waals surface area contributed by atoms with Crippen LogP contribution in [0.4, 0.5) is 5.69 Å². The van der Waals surface area contributed by atoms with Crippen LogP contribution in [0.2, 0.25) is 0 Å². The lowest BCUT2D eigenvalue weighted by Crippen LogP contribution is -2.16. The van der Waals surface area contributed by atoms with Crippen molar-refractivity contribution in [1.29, 1.82) is 0 Å². The molecule has 0 unspecified atom stereocenters. The van der Waals surface area contributed by atoms with E-state index in [1.54, 1.807) is 4.68 Å². The lowest BCUT2D eigenvalue weighted by atomic mass is 9.97. The number of carbonyl (C=O) groups excluding carboxylic acids is 1. The fourth-order valence-electron chi connectivity index (χ4n) is 3.13. The monoisotopic (exact) mass is 395 g/mol. The summed E-state index contributed by atoms with van der Waals surface area (Å²) >= 11 is 1.33. The van der Waals surface area contributed by atoms with Crippen molar-refractivity contribution in [3.8, 4) is 5.69 Å². The number of aryl methyl sites for hydroxylation is 2. The number of carbonyl (C=O) groups is 1. The van der Waals surface area contributed by atoms with Crippen molar-refractivity contribution in [2.75, 3.05) is 11.1 Å². The molecule has 0 spiro atoms. The lowest BCUT2D eigenvalue weighted by molar-refractivity contribution is -0.113. The minimum Gasteiger partial charge on any atom is -0.325 e. The van der Waals surface area contributed by atoms with Gasteiger partial charge in [0.2, 0.25) is 11.1 Å². The van der Waals surface area contributed by atoms with E-state index in [2.05, 4.69) is 40.8 Å². The van der Waals surface area contributed by atoms with Crippen LogP contribution in [0.3, 0.4) is 0 Å². The number of nitrogens with one attached hydrogen (secondary N) is 1. The zero-order valence-corrected chi connectivity index (χ0v) is 17.5. The third-order valence-electron chi connectivity index (χ3n) is 4.80. The van der Waals surface area contributed by atoms with Gasteiger partial charge in [0.05, 0.1) is 11.4 Å². The first kappa shape index (κ1) is 20.1. The second-order valence-electron chi connectivity index (χ2n) is 6.85. The van der Waals surface area contributed by atoms with E-state index in [4.69, 9.17) is 0 Å². The number of hydrogen-bond donors (Lipinski definition) is 1. The molecular formula is C21H25N5OS. The summed E-state index contributed by atoms with van der Waals surface area (Å²) in [6.45, 7) is 8.36. The van der Waals surface area contributed by atoms with Gasteiger partial charge in [0.25, 0.3) is 0 Å². The quantitative estimate of drug-likeness (QED) is 0.595. The maximum Gasteiger partial charge on any atom is 0.234 e. The number of aromatic nitrogens is 4. The second kappa shape index (κ2) is 9.01. The molecule has 3 rings (SSSR count). The molecule has 0 saturated carbocycles. The number of para-hydroxylation sites is 2. The van der Waals surface area contributed by atoms with E-state index in [-0.39, 0.29) is 11.7 Å². The molecule has 1 N–H and O–H groups in total. The van der Waals surface area contributed by atoms with Gasteiger partial charge in [-0.3, -0.25) is 4.79 Å². The first-order chi connectivity index (χ1) is 13.5. The topological polar surface area (TPSA) is 72.7 Å². The average Bonchev–Trinajstić information content (AvgIpc) is 3.14. The standard InChI is InChI=1S/C21H25N5OS/c1-5-14(2)17-11-6-7-12-18(17)22-19(27)13-28-21-23-24-25-26(21)20-15(3)9-8-10-16(20)4/h6-12,14H,5,13H2,1-4H3,(H,22,27)/t14-/m1/s1. The first-order valence-electron chi connectivity index (χ1n) is 9.37. The fraction of sp³-hybridized carbons (Fsp3) is 0.333. The summed E-state index contributed by atoms with van der Waals surface area (Å²) in [6.07, 6.45) is 1.02. The molecule has 1 aromatic heterocycles. The second-order valence-corrected chi connectivity index (χ2v) is 7.79. The van der Waals surface area contributed by atoms with Gasteiger partial charge in [-0.05, 0) is 59.4 Å². The van der Waals surface area contributed by atoms with Gasteiger partial charge >= 0.3 is 0 Å². The van der Waals surface area contributed by atoms with Crippen LogP contribution in [0.1, 0.15) is 42.9 Å². The zero-order chi connectivity index (χ0) is 20.1. The van der Waals surface area contributed by atoms with E-state index in [1.807, 2.05) is 50.2 Å². The van der Waals surface area contributed by atoms with E-state index in [0.717, 1.165) is 34.5 Å². The van der Waals surface area contributed by atoms with Crippen molar-refractivity contribution in [3.63, 3.8) is 0 Å². The van der Waals surface area contributed by atoms with Crippen LogP contribution < -0.4 is 5.32 Å². The number of benzene rings is 2. The maximum absolute atomic E-state index is 12.5. The molecule has 0 aliphatic rings. The zero-order valence-electron chi connectivity index (χ0n) is 16.6. The Hall–Kier alpha value is -2.67. The molecule has 1 heterocycles. The van der Waals surface area contributed by atoms with Gasteiger partial charge in [0.1, 0.15) is 0 Å². The Bertz CT molecular complexity index is 949. The molecule has 7 heteroatoms. The lowest BCUT2D eigenvalue weighted by Gasteiger charge is -2.15. The van der Waals surface area contributed by atoms with Crippen LogP contribution in [0.15, 0.2) is 47.6 Å². The fourth-order valence-corrected chi connectivity index (χ4v) is 3.80. The molecule has 146 valence electrons. The van der Waals surface area contributed by atoms with Crippen molar-refractivity contribution < 1.29 is 4.79 Å². The van der Waals surface area contributed by atoms with Crippen LogP contribution in [-0.2, 0) is 4.79 Å². The summed E-state index contributed by atoms with van der Waals surface area (Å²) in [5, 5.41) is 15.7. The van der Waals surface area contributed by atoms with Gasteiger partial charge in [-0.1, -0.05) is 62.0 Å². The summed E-state index contributed by atoms with van der Waals surface area (Å²) in [7, 11) is 0. The van der Waals surface area contributed by atoms with Gasteiger partial charge < -0.3 is 5.32 Å². The highest BCUT2D eigenvalue weighted by Crippen LogP contribution is 2.27. The molecule has 0 aliphatic carbocycles. The summed E-state index contributed by atoms with van der Waals surface area (Å²) in [6, 6.07) is 14.0. The number of rotatable bonds is 7. The van der Waals surface area contributed by atoms with Gasteiger partial charge in [-0.15, -0.1) is 5.10 Å². The highest BCUT2D eigenvalue weighted by atomic mass is 32.2. The first-order valence-corrected chi connectivity index (χ1v) is 10.4. The van der Waals surface area contributed by atoms with Gasteiger partial charge in [0.15, 0.2) is 0 Å². The molecular weight excluding hydrogens is 370 g/mol. The predicted molar refractivity (Wildman–Crippen MR) is 113 cm³/mol. The average molecular weight is 396 g/mol. The minimum absolute atomic E-state index is 0.0724. The molecule has 0 aliphatic heterocycles. The van der Waals surface area contributed by atoms with Crippen LogP contribution >= 0.6 is 11.8 Å². The molecule has 1 amide bonds. The molecule has 0 saturated heterocycles. The molecule has 0 fully saturated rings. The van der Waals surface area contributed by atoms with Crippen molar-refractivity contribution in [3.05, 3.63) is 59.2 Å². The largest absolute Gasteiger partial charge is 0.325 e. The molecule has 3 aromatic rings. The molecule has 0 radical (unpaired) electrons. The molecule has 1 atom stereocenters. The molecule has 0 bridgehead atoms. The third kappa shape index (κ3) is 4.42. The molecule has 28 heavy (non-hydrogen) atoms. The Morgan fingerprint density at radius 2 is 1.86 bits per heavy atom. The summed E-state index contributed by atoms with van der Waals surface area (Å²) < 4.78 is 1.70. The number of hydrogen-bond acceptors (Lipinski definition) is 5. The van der Waals surface area contributed by atoms with E-state index in [1.165, 1.54) is 11.8 Å². The Morgan fingerprint density at radius 3 is 2.57 bits per heavy atom. The number of amides is 1. The number of anilines is 1. The highest BCUT2D eigenvalue weighted by molar-refractivity contribution is 7.99. The summed E-state index contributed by atoms with van der Waals surface area (Å²) in [5.74, 6) is 0.553. The molecule has 6 nitrogen and oxygen atoms in total. The van der Waals surface area contributed by atoms with Crippen LogP contribution in [-0.4, -0.2) is 31.9 Å². The highest BCUT2D eigenvalue weighted by Gasteiger charge is 2.16. The Morgan fingerprint density at radius 1 is 1.14 bits per heavy atom. The summed E-state index contributed by atoms with van der Waals surface area (Å²) in [5.41, 5.74) is 5.15. The van der Waals surface area contributed by atoms with Crippen LogP contribution in [0.25, 0.3) is 5.69 Å². The molecule has 2 aromatic carbocycles. The third-order valence-corrected chi connectivity index (χ3v) is 5.72. The van der Waals surface area contributed by atoms with E-state index in [9.17, 15) is 4.79 Å². The SMILES string of the molecule is CC[C@@H](C)c1ccccc1NC(=O)CSc1nnnn1-c1c(C)cccc1C. The number of nitrogens with zero attached hydrogens (tertiary/aromatic N) is 4. The van der Waals surface area contributed by atoms with Gasteiger partial charge in [-0.2, -0.15) is 4.68 Å². The minimum atomic E-state index is -0.0724. The Kier molecular flexibility index (Phi) is 6.46. The van der Waals surface area contributed by atoms with Crippen molar-refractivity contribution >= 4 is 23.4 Å². The van der Waals surface area contributed by atoms with Crippen LogP contribution in [0, 0.1) is 13.8 Å². The number of thioether (sulfide) groups is 1. The van der Waals surface area contributed by atoms with Crippen molar-refractivity contribution in [2.45, 2.75) is 45.2 Å². The van der Waals surface area contributed by atoms with Crippen LogP contribution in [0.5, 0.6) is 0 Å². The smallest absolute Gasteiger partial charge is 0.234 e. The number of tetrazole rings is 1.